The van der Waals surface area contributed by atoms with Gasteiger partial charge in [0.1, 0.15) is 15.6 Å². The van der Waals surface area contributed by atoms with Crippen LogP contribution < -0.4 is 5.32 Å². The highest BCUT2D eigenvalue weighted by atomic mass is 32.2. The average molecular weight is 468 g/mol. The van der Waals surface area contributed by atoms with Crippen LogP contribution in [0.4, 0.5) is 4.39 Å². The molecule has 7 nitrogen and oxygen atoms in total. The van der Waals surface area contributed by atoms with E-state index in [0.717, 1.165) is 36.2 Å². The van der Waals surface area contributed by atoms with E-state index in [-0.39, 0.29) is 41.1 Å². The van der Waals surface area contributed by atoms with Crippen molar-refractivity contribution in [3.05, 3.63) is 52.0 Å². The topological polar surface area (TPSA) is 86.8 Å². The third-order valence-electron chi connectivity index (χ3n) is 5.16. The quantitative estimate of drug-likeness (QED) is 0.647. The first-order chi connectivity index (χ1) is 14.8. The van der Waals surface area contributed by atoms with Crippen molar-refractivity contribution in [1.29, 1.82) is 0 Å². The second-order valence-electron chi connectivity index (χ2n) is 7.30. The monoisotopic (exact) mass is 467 g/mol. The highest BCUT2D eigenvalue weighted by Crippen LogP contribution is 2.28. The Hall–Kier alpha value is -2.30. The van der Waals surface area contributed by atoms with Crippen LogP contribution in [-0.4, -0.2) is 55.6 Å². The number of amides is 2. The van der Waals surface area contributed by atoms with Gasteiger partial charge in [0.15, 0.2) is 0 Å². The maximum absolute atomic E-state index is 13.1. The van der Waals surface area contributed by atoms with E-state index in [1.807, 2.05) is 0 Å². The second-order valence-corrected chi connectivity index (χ2v) is 10.1. The van der Waals surface area contributed by atoms with Crippen molar-refractivity contribution in [2.24, 2.45) is 0 Å². The van der Waals surface area contributed by atoms with Crippen LogP contribution in [0.3, 0.4) is 0 Å². The van der Waals surface area contributed by atoms with Crippen molar-refractivity contribution in [2.45, 2.75) is 37.6 Å². The molecule has 0 aliphatic carbocycles. The predicted octanol–water partition coefficient (Wildman–Crippen LogP) is 2.84. The molecule has 2 heterocycles. The number of hydrogen-bond acceptors (Lipinski definition) is 5. The maximum Gasteiger partial charge on any atom is 0.265 e. The highest BCUT2D eigenvalue weighted by Gasteiger charge is 2.32. The number of carbonyl (C=O) groups excluding carboxylic acids is 2. The summed E-state index contributed by atoms with van der Waals surface area (Å²) in [7, 11) is -3.75. The zero-order valence-electron chi connectivity index (χ0n) is 17.3. The van der Waals surface area contributed by atoms with Crippen LogP contribution in [0.15, 0.2) is 40.6 Å². The molecule has 2 aromatic rings. The van der Waals surface area contributed by atoms with Crippen LogP contribution in [0.5, 0.6) is 0 Å². The number of halogens is 1. The molecule has 0 unspecified atom stereocenters. The van der Waals surface area contributed by atoms with E-state index in [0.29, 0.717) is 13.1 Å². The first kappa shape index (κ1) is 23.4. The molecule has 0 bridgehead atoms. The van der Waals surface area contributed by atoms with Gasteiger partial charge in [-0.25, -0.2) is 12.8 Å². The molecule has 168 valence electrons. The minimum absolute atomic E-state index is 0.00886. The summed E-state index contributed by atoms with van der Waals surface area (Å²) < 4.78 is 40.5. The Labute approximate surface area is 185 Å². The maximum atomic E-state index is 13.1. The fourth-order valence-electron chi connectivity index (χ4n) is 3.40. The Kier molecular flexibility index (Phi) is 7.79. The number of hydrogen-bond donors (Lipinski definition) is 1. The van der Waals surface area contributed by atoms with E-state index in [4.69, 9.17) is 0 Å². The third kappa shape index (κ3) is 5.69. The number of rotatable bonds is 8. The van der Waals surface area contributed by atoms with Crippen molar-refractivity contribution in [2.75, 3.05) is 26.2 Å². The minimum Gasteiger partial charge on any atom is -0.350 e. The molecule has 0 spiro atoms. The summed E-state index contributed by atoms with van der Waals surface area (Å²) in [6.45, 7) is 2.90. The van der Waals surface area contributed by atoms with Gasteiger partial charge in [0.2, 0.25) is 15.9 Å². The van der Waals surface area contributed by atoms with Gasteiger partial charge in [-0.05, 0) is 48.9 Å². The van der Waals surface area contributed by atoms with E-state index in [1.165, 1.54) is 27.4 Å². The largest absolute Gasteiger partial charge is 0.350 e. The molecule has 1 aromatic heterocycles. The van der Waals surface area contributed by atoms with Crippen molar-refractivity contribution < 1.29 is 22.4 Å². The van der Waals surface area contributed by atoms with Gasteiger partial charge >= 0.3 is 0 Å². The van der Waals surface area contributed by atoms with Crippen LogP contribution >= 0.6 is 11.3 Å². The molecule has 31 heavy (non-hydrogen) atoms. The molecule has 1 aliphatic rings. The summed E-state index contributed by atoms with van der Waals surface area (Å²) in [6.07, 6.45) is 2.61. The van der Waals surface area contributed by atoms with Crippen LogP contribution in [-0.2, 0) is 21.4 Å². The first-order valence-electron chi connectivity index (χ1n) is 10.2. The molecule has 1 aromatic carbocycles. The Balaban J connectivity index is 1.67. The molecule has 2 amide bonds. The molecule has 10 heteroatoms. The molecular weight excluding hydrogens is 441 g/mol. The SMILES string of the molecule is CCN(CC(=O)NCc1ccc(F)cc1)C(=O)c1sccc1S(=O)(=O)N1CCCCC1. The van der Waals surface area contributed by atoms with Gasteiger partial charge in [-0.15, -0.1) is 11.3 Å². The van der Waals surface area contributed by atoms with E-state index in [1.54, 1.807) is 24.4 Å². The Morgan fingerprint density at radius 3 is 2.45 bits per heavy atom. The summed E-state index contributed by atoms with van der Waals surface area (Å²) in [6, 6.07) is 7.22. The van der Waals surface area contributed by atoms with E-state index in [2.05, 4.69) is 5.32 Å². The van der Waals surface area contributed by atoms with Crippen LogP contribution in [0.25, 0.3) is 0 Å². The summed E-state index contributed by atoms with van der Waals surface area (Å²) in [5, 5.41) is 4.29. The van der Waals surface area contributed by atoms with E-state index in [9.17, 15) is 22.4 Å². The fraction of sp³-hybridized carbons (Fsp3) is 0.429. The molecule has 1 fully saturated rings. The minimum atomic E-state index is -3.75. The molecule has 3 rings (SSSR count). The van der Waals surface area contributed by atoms with E-state index < -0.39 is 15.9 Å². The standard InChI is InChI=1S/C21H26FN3O4S2/c1-2-24(15-19(26)23-14-16-6-8-17(22)9-7-16)21(27)20-18(10-13-30-20)31(28,29)25-11-4-3-5-12-25/h6-10,13H,2-5,11-12,14-15H2,1H3,(H,23,26). The molecule has 0 saturated carbocycles. The molecule has 0 radical (unpaired) electrons. The Morgan fingerprint density at radius 2 is 1.81 bits per heavy atom. The van der Waals surface area contributed by atoms with Crippen molar-refractivity contribution in [3.63, 3.8) is 0 Å². The van der Waals surface area contributed by atoms with Gasteiger partial charge in [-0.2, -0.15) is 4.31 Å². The van der Waals surface area contributed by atoms with Crippen molar-refractivity contribution >= 4 is 33.2 Å². The van der Waals surface area contributed by atoms with Crippen molar-refractivity contribution in [1.82, 2.24) is 14.5 Å². The van der Waals surface area contributed by atoms with Gasteiger partial charge in [0, 0.05) is 26.2 Å². The van der Waals surface area contributed by atoms with E-state index >= 15 is 0 Å². The Bertz CT molecular complexity index is 1020. The zero-order chi connectivity index (χ0) is 22.4. The number of nitrogens with one attached hydrogen (secondary N) is 1. The number of carbonyl (C=O) groups is 2. The van der Waals surface area contributed by atoms with Crippen LogP contribution in [0.2, 0.25) is 0 Å². The number of likely N-dealkylation sites (N-methyl/N-ethyl adjacent to an activating group) is 1. The molecule has 1 saturated heterocycles. The lowest BCUT2D eigenvalue weighted by Gasteiger charge is -2.26. The summed E-state index contributed by atoms with van der Waals surface area (Å²) >= 11 is 1.07. The van der Waals surface area contributed by atoms with Crippen LogP contribution in [0, 0.1) is 5.82 Å². The van der Waals surface area contributed by atoms with Gasteiger partial charge in [0.05, 0.1) is 6.54 Å². The fourth-order valence-corrected chi connectivity index (χ4v) is 6.28. The van der Waals surface area contributed by atoms with Crippen molar-refractivity contribution in [3.8, 4) is 0 Å². The second kappa shape index (κ2) is 10.3. The summed E-state index contributed by atoms with van der Waals surface area (Å²) in [4.78, 5) is 26.9. The number of sulfonamides is 1. The summed E-state index contributed by atoms with van der Waals surface area (Å²) in [5.74, 6) is -1.22. The lowest BCUT2D eigenvalue weighted by atomic mass is 10.2. The number of thiophene rings is 1. The lowest BCUT2D eigenvalue weighted by Crippen LogP contribution is -2.41. The highest BCUT2D eigenvalue weighted by molar-refractivity contribution is 7.89. The molecule has 0 atom stereocenters. The lowest BCUT2D eigenvalue weighted by molar-refractivity contribution is -0.121. The first-order valence-corrected chi connectivity index (χ1v) is 12.5. The number of benzene rings is 1. The third-order valence-corrected chi connectivity index (χ3v) is 8.14. The number of piperidine rings is 1. The smallest absolute Gasteiger partial charge is 0.265 e. The molecule has 1 aliphatic heterocycles. The average Bonchev–Trinajstić information content (AvgIpc) is 3.28. The summed E-state index contributed by atoms with van der Waals surface area (Å²) in [5.41, 5.74) is 0.734. The number of nitrogens with zero attached hydrogens (tertiary/aromatic N) is 2. The zero-order valence-corrected chi connectivity index (χ0v) is 19.0. The molecule has 1 N–H and O–H groups in total. The normalized spacial score (nSPS) is 14.9. The van der Waals surface area contributed by atoms with Gasteiger partial charge < -0.3 is 10.2 Å². The molecular formula is C21H26FN3O4S2. The van der Waals surface area contributed by atoms with Gasteiger partial charge in [0.25, 0.3) is 5.91 Å². The Morgan fingerprint density at radius 1 is 1.13 bits per heavy atom. The predicted molar refractivity (Wildman–Crippen MR) is 117 cm³/mol. The van der Waals surface area contributed by atoms with Crippen LogP contribution in [0.1, 0.15) is 41.4 Å². The van der Waals surface area contributed by atoms with Gasteiger partial charge in [-0.1, -0.05) is 18.6 Å². The van der Waals surface area contributed by atoms with Gasteiger partial charge in [-0.3, -0.25) is 9.59 Å².